The number of hydrogen-bond donors (Lipinski definition) is 1. The van der Waals surface area contributed by atoms with Gasteiger partial charge in [0.1, 0.15) is 0 Å². The van der Waals surface area contributed by atoms with Crippen LogP contribution in [0.5, 0.6) is 0 Å². The van der Waals surface area contributed by atoms with Gasteiger partial charge in [0.05, 0.1) is 4.34 Å². The van der Waals surface area contributed by atoms with Gasteiger partial charge in [-0.2, -0.15) is 9.37 Å². The van der Waals surface area contributed by atoms with Gasteiger partial charge in [-0.05, 0) is 18.6 Å². The molecule has 0 saturated carbocycles. The molecule has 0 amide bonds. The quantitative estimate of drug-likeness (QED) is 0.865. The highest BCUT2D eigenvalue weighted by Gasteiger charge is 2.11. The zero-order valence-corrected chi connectivity index (χ0v) is 10.6. The van der Waals surface area contributed by atoms with E-state index in [4.69, 9.17) is 11.6 Å². The summed E-state index contributed by atoms with van der Waals surface area (Å²) in [6, 6.07) is 4.08. The van der Waals surface area contributed by atoms with Crippen molar-refractivity contribution in [2.45, 2.75) is 6.42 Å². The van der Waals surface area contributed by atoms with Crippen LogP contribution >= 0.6 is 22.9 Å². The molecular formula is C11H8ClF3N2S. The van der Waals surface area contributed by atoms with E-state index in [0.717, 1.165) is 4.88 Å². The lowest BCUT2D eigenvalue weighted by molar-refractivity contribution is 0.466. The summed E-state index contributed by atoms with van der Waals surface area (Å²) in [6.45, 7) is 0.353. The molecule has 1 N–H and O–H groups in total. The Labute approximate surface area is 110 Å². The van der Waals surface area contributed by atoms with E-state index in [1.807, 2.05) is 6.07 Å². The number of nitrogens with one attached hydrogen (secondary N) is 1. The second-order valence-electron chi connectivity index (χ2n) is 3.47. The standard InChI is InChI=1S/C11H8ClF3N2S/c12-9-2-1-6(18-9)3-4-16-11-8(14)5-7(13)10(15)17-11/h1-2,5H,3-4H2,(H,16,17). The van der Waals surface area contributed by atoms with Crippen LogP contribution in [0.15, 0.2) is 18.2 Å². The van der Waals surface area contributed by atoms with Crippen LogP contribution < -0.4 is 5.32 Å². The highest BCUT2D eigenvalue weighted by atomic mass is 35.5. The third-order valence-electron chi connectivity index (χ3n) is 2.18. The molecule has 0 aliphatic heterocycles. The first kappa shape index (κ1) is 13.2. The minimum Gasteiger partial charge on any atom is -0.367 e. The lowest BCUT2D eigenvalue weighted by atomic mass is 10.3. The number of nitrogens with zero attached hydrogens (tertiary/aromatic N) is 1. The number of rotatable bonds is 4. The fourth-order valence-corrected chi connectivity index (χ4v) is 2.45. The van der Waals surface area contributed by atoms with Gasteiger partial charge in [0.15, 0.2) is 17.5 Å². The van der Waals surface area contributed by atoms with E-state index in [-0.39, 0.29) is 5.82 Å². The predicted molar refractivity (Wildman–Crippen MR) is 65.6 cm³/mol. The molecular weight excluding hydrogens is 285 g/mol. The summed E-state index contributed by atoms with van der Waals surface area (Å²) < 4.78 is 39.3. The molecule has 2 rings (SSSR count). The molecule has 0 saturated heterocycles. The summed E-state index contributed by atoms with van der Waals surface area (Å²) in [6.07, 6.45) is 0.595. The van der Waals surface area contributed by atoms with E-state index in [2.05, 4.69) is 10.3 Å². The molecule has 0 bridgehead atoms. The minimum absolute atomic E-state index is 0.295. The van der Waals surface area contributed by atoms with E-state index >= 15 is 0 Å². The molecule has 18 heavy (non-hydrogen) atoms. The largest absolute Gasteiger partial charge is 0.367 e. The number of pyridine rings is 1. The summed E-state index contributed by atoms with van der Waals surface area (Å²) in [7, 11) is 0. The zero-order valence-electron chi connectivity index (χ0n) is 9.01. The van der Waals surface area contributed by atoms with Gasteiger partial charge in [-0.3, -0.25) is 0 Å². The third kappa shape index (κ3) is 3.14. The molecule has 96 valence electrons. The molecule has 0 spiro atoms. The first-order valence-electron chi connectivity index (χ1n) is 5.06. The summed E-state index contributed by atoms with van der Waals surface area (Å²) in [5.74, 6) is -3.84. The van der Waals surface area contributed by atoms with Gasteiger partial charge in [-0.15, -0.1) is 11.3 Å². The maximum Gasteiger partial charge on any atom is 0.251 e. The average Bonchev–Trinajstić information content (AvgIpc) is 2.71. The highest BCUT2D eigenvalue weighted by molar-refractivity contribution is 7.16. The molecule has 2 heterocycles. The maximum absolute atomic E-state index is 13.2. The summed E-state index contributed by atoms with van der Waals surface area (Å²) >= 11 is 7.16. The van der Waals surface area contributed by atoms with Gasteiger partial charge >= 0.3 is 0 Å². The first-order chi connectivity index (χ1) is 8.56. The number of hydrogen-bond acceptors (Lipinski definition) is 3. The maximum atomic E-state index is 13.2. The van der Waals surface area contributed by atoms with Crippen molar-refractivity contribution in [3.63, 3.8) is 0 Å². The Balaban J connectivity index is 1.96. The summed E-state index contributed by atoms with van der Waals surface area (Å²) in [5.41, 5.74) is 0. The minimum atomic E-state index is -1.32. The van der Waals surface area contributed by atoms with Crippen molar-refractivity contribution in [1.29, 1.82) is 0 Å². The molecule has 2 aromatic heterocycles. The van der Waals surface area contributed by atoms with Crippen molar-refractivity contribution >= 4 is 28.8 Å². The van der Waals surface area contributed by atoms with Gasteiger partial charge in [0.2, 0.25) is 0 Å². The molecule has 0 aliphatic carbocycles. The molecule has 0 aliphatic rings. The zero-order chi connectivity index (χ0) is 13.1. The number of anilines is 1. The fourth-order valence-electron chi connectivity index (χ4n) is 1.36. The lowest BCUT2D eigenvalue weighted by Crippen LogP contribution is -2.09. The molecule has 7 heteroatoms. The lowest BCUT2D eigenvalue weighted by Gasteiger charge is -2.06. The van der Waals surface area contributed by atoms with Crippen molar-refractivity contribution in [2.24, 2.45) is 0 Å². The van der Waals surface area contributed by atoms with E-state index in [1.165, 1.54) is 11.3 Å². The third-order valence-corrected chi connectivity index (χ3v) is 3.47. The molecule has 2 nitrogen and oxygen atoms in total. The Morgan fingerprint density at radius 3 is 2.67 bits per heavy atom. The van der Waals surface area contributed by atoms with Crippen molar-refractivity contribution < 1.29 is 13.2 Å². The van der Waals surface area contributed by atoms with Crippen molar-refractivity contribution in [3.05, 3.63) is 45.0 Å². The number of aromatic nitrogens is 1. The Morgan fingerprint density at radius 2 is 2.00 bits per heavy atom. The Kier molecular flexibility index (Phi) is 4.08. The van der Waals surface area contributed by atoms with Crippen molar-refractivity contribution in [2.75, 3.05) is 11.9 Å². The van der Waals surface area contributed by atoms with Crippen LogP contribution in [0, 0.1) is 17.6 Å². The van der Waals surface area contributed by atoms with Gasteiger partial charge in [-0.1, -0.05) is 11.6 Å². The van der Waals surface area contributed by atoms with E-state index in [9.17, 15) is 13.2 Å². The second-order valence-corrected chi connectivity index (χ2v) is 5.27. The smallest absolute Gasteiger partial charge is 0.251 e. The SMILES string of the molecule is Fc1cc(F)c(NCCc2ccc(Cl)s2)nc1F. The Bertz CT molecular complexity index is 559. The van der Waals surface area contributed by atoms with Crippen LogP contribution in [0.25, 0.3) is 0 Å². The highest BCUT2D eigenvalue weighted by Crippen LogP contribution is 2.22. The Hall–Kier alpha value is -1.27. The molecule has 2 aromatic rings. The van der Waals surface area contributed by atoms with Crippen LogP contribution in [-0.4, -0.2) is 11.5 Å². The normalized spacial score (nSPS) is 10.7. The summed E-state index contributed by atoms with van der Waals surface area (Å²) in [4.78, 5) is 4.17. The van der Waals surface area contributed by atoms with Crippen LogP contribution in [0.1, 0.15) is 4.88 Å². The van der Waals surface area contributed by atoms with Crippen molar-refractivity contribution in [3.8, 4) is 0 Å². The fraction of sp³-hybridized carbons (Fsp3) is 0.182. The van der Waals surface area contributed by atoms with Gasteiger partial charge < -0.3 is 5.32 Å². The van der Waals surface area contributed by atoms with Gasteiger partial charge in [-0.25, -0.2) is 8.78 Å². The summed E-state index contributed by atoms with van der Waals surface area (Å²) in [5, 5.41) is 2.61. The number of thiophene rings is 1. The molecule has 0 fully saturated rings. The van der Waals surface area contributed by atoms with Gasteiger partial charge in [0.25, 0.3) is 5.95 Å². The van der Waals surface area contributed by atoms with Crippen LogP contribution in [0.4, 0.5) is 19.0 Å². The van der Waals surface area contributed by atoms with E-state index in [1.54, 1.807) is 6.07 Å². The Morgan fingerprint density at radius 1 is 1.22 bits per heavy atom. The van der Waals surface area contributed by atoms with Crippen molar-refractivity contribution in [1.82, 2.24) is 4.98 Å². The van der Waals surface area contributed by atoms with E-state index in [0.29, 0.717) is 23.4 Å². The molecule has 0 unspecified atom stereocenters. The van der Waals surface area contributed by atoms with E-state index < -0.39 is 17.6 Å². The average molecular weight is 293 g/mol. The topological polar surface area (TPSA) is 24.9 Å². The van der Waals surface area contributed by atoms with Crippen LogP contribution in [0.3, 0.4) is 0 Å². The second kappa shape index (κ2) is 5.58. The van der Waals surface area contributed by atoms with Gasteiger partial charge in [0, 0.05) is 17.5 Å². The van der Waals surface area contributed by atoms with Crippen LogP contribution in [-0.2, 0) is 6.42 Å². The first-order valence-corrected chi connectivity index (χ1v) is 6.25. The predicted octanol–water partition coefficient (Wildman–Crippen LogP) is 3.87. The molecule has 0 radical (unpaired) electrons. The monoisotopic (exact) mass is 292 g/mol. The van der Waals surface area contributed by atoms with Crippen LogP contribution in [0.2, 0.25) is 4.34 Å². The molecule has 0 atom stereocenters. The number of halogens is 4. The molecule has 0 aromatic carbocycles.